The number of halogens is 1. The summed E-state index contributed by atoms with van der Waals surface area (Å²) in [5.74, 6) is -0.164. The maximum atomic E-state index is 12.5. The van der Waals surface area contributed by atoms with Crippen LogP contribution >= 0.6 is 28.1 Å². The largest absolute Gasteiger partial charge is 0.389 e. The van der Waals surface area contributed by atoms with Crippen LogP contribution < -0.4 is 11.1 Å². The van der Waals surface area contributed by atoms with Gasteiger partial charge in [-0.15, -0.1) is 0 Å². The molecule has 2 aromatic rings. The monoisotopic (exact) mass is 362 g/mol. The molecule has 2 rings (SSSR count). The van der Waals surface area contributed by atoms with E-state index in [9.17, 15) is 4.79 Å². The van der Waals surface area contributed by atoms with E-state index in [2.05, 4.69) is 21.2 Å². The van der Waals surface area contributed by atoms with Crippen molar-refractivity contribution in [2.75, 3.05) is 5.32 Å². The number of carbonyl (C=O) groups excluding carboxylic acids is 1. The number of hydrogen-bond acceptors (Lipinski definition) is 2. The minimum atomic E-state index is -0.164. The lowest BCUT2D eigenvalue weighted by molar-refractivity contribution is 0.102. The van der Waals surface area contributed by atoms with Crippen molar-refractivity contribution < 1.29 is 4.79 Å². The van der Waals surface area contributed by atoms with Gasteiger partial charge in [0.05, 0.1) is 5.69 Å². The van der Waals surface area contributed by atoms with E-state index in [1.165, 1.54) is 0 Å². The summed E-state index contributed by atoms with van der Waals surface area (Å²) in [5, 5.41) is 2.89. The SMILES string of the molecule is CCc1ccccc1C(=O)Nc1cc(Br)ccc1C(N)=S. The summed E-state index contributed by atoms with van der Waals surface area (Å²) in [6, 6.07) is 13.0. The summed E-state index contributed by atoms with van der Waals surface area (Å²) in [5.41, 5.74) is 8.62. The molecule has 0 aliphatic rings. The molecule has 0 spiro atoms. The number of hydrogen-bond donors (Lipinski definition) is 2. The fraction of sp³-hybridized carbons (Fsp3) is 0.125. The first kappa shape index (κ1) is 15.7. The second kappa shape index (κ2) is 6.83. The molecule has 0 saturated carbocycles. The Bertz CT molecular complexity index is 700. The molecule has 0 unspecified atom stereocenters. The van der Waals surface area contributed by atoms with E-state index < -0.39 is 0 Å². The molecule has 1 amide bonds. The smallest absolute Gasteiger partial charge is 0.255 e. The first-order valence-electron chi connectivity index (χ1n) is 6.51. The summed E-state index contributed by atoms with van der Waals surface area (Å²) >= 11 is 8.41. The summed E-state index contributed by atoms with van der Waals surface area (Å²) in [6.07, 6.45) is 0.796. The topological polar surface area (TPSA) is 55.1 Å². The highest BCUT2D eigenvalue weighted by Crippen LogP contribution is 2.23. The van der Waals surface area contributed by atoms with Crippen LogP contribution in [0.25, 0.3) is 0 Å². The first-order valence-corrected chi connectivity index (χ1v) is 7.71. The number of thiocarbonyl (C=S) groups is 1. The number of rotatable bonds is 4. The molecule has 0 aliphatic heterocycles. The van der Waals surface area contributed by atoms with E-state index in [0.717, 1.165) is 16.5 Å². The quantitative estimate of drug-likeness (QED) is 0.811. The van der Waals surface area contributed by atoms with Crippen LogP contribution in [0.5, 0.6) is 0 Å². The van der Waals surface area contributed by atoms with Crippen molar-refractivity contribution in [2.45, 2.75) is 13.3 Å². The summed E-state index contributed by atoms with van der Waals surface area (Å²) in [6.45, 7) is 2.02. The van der Waals surface area contributed by atoms with Crippen molar-refractivity contribution in [3.8, 4) is 0 Å². The van der Waals surface area contributed by atoms with Gasteiger partial charge in [0.2, 0.25) is 0 Å². The van der Waals surface area contributed by atoms with Gasteiger partial charge < -0.3 is 11.1 Å². The zero-order chi connectivity index (χ0) is 15.4. The molecule has 3 N–H and O–H groups in total. The van der Waals surface area contributed by atoms with Gasteiger partial charge in [0, 0.05) is 15.6 Å². The molecule has 3 nitrogen and oxygen atoms in total. The Hall–Kier alpha value is -1.72. The molecule has 0 saturated heterocycles. The maximum absolute atomic E-state index is 12.5. The molecule has 0 bridgehead atoms. The molecule has 2 aromatic carbocycles. The highest BCUT2D eigenvalue weighted by atomic mass is 79.9. The van der Waals surface area contributed by atoms with Crippen LogP contribution in [0.3, 0.4) is 0 Å². The average Bonchev–Trinajstić information content (AvgIpc) is 2.46. The number of nitrogens with two attached hydrogens (primary N) is 1. The standard InChI is InChI=1S/C16H15BrN2OS/c1-2-10-5-3-4-6-12(10)16(20)19-14-9-11(17)7-8-13(14)15(18)21/h3-9H,2H2,1H3,(H2,18,21)(H,19,20). The van der Waals surface area contributed by atoms with E-state index in [4.69, 9.17) is 18.0 Å². The molecule has 5 heteroatoms. The van der Waals surface area contributed by atoms with Gasteiger partial charge in [0.1, 0.15) is 4.99 Å². The minimum Gasteiger partial charge on any atom is -0.389 e. The number of amides is 1. The molecule has 0 radical (unpaired) electrons. The molecule has 0 fully saturated rings. The Morgan fingerprint density at radius 3 is 2.62 bits per heavy atom. The van der Waals surface area contributed by atoms with Crippen LogP contribution in [0.4, 0.5) is 5.69 Å². The van der Waals surface area contributed by atoms with Gasteiger partial charge in [-0.3, -0.25) is 4.79 Å². The lowest BCUT2D eigenvalue weighted by Crippen LogP contribution is -2.18. The highest BCUT2D eigenvalue weighted by Gasteiger charge is 2.13. The number of nitrogens with one attached hydrogen (secondary N) is 1. The summed E-state index contributed by atoms with van der Waals surface area (Å²) < 4.78 is 0.849. The van der Waals surface area contributed by atoms with Gasteiger partial charge in [0.25, 0.3) is 5.91 Å². The van der Waals surface area contributed by atoms with E-state index in [1.54, 1.807) is 12.1 Å². The molecule has 0 heterocycles. The average molecular weight is 363 g/mol. The number of benzene rings is 2. The van der Waals surface area contributed by atoms with Crippen LogP contribution in [0.15, 0.2) is 46.9 Å². The van der Waals surface area contributed by atoms with Crippen molar-refractivity contribution in [3.63, 3.8) is 0 Å². The molecule has 108 valence electrons. The lowest BCUT2D eigenvalue weighted by Gasteiger charge is -2.12. The lowest BCUT2D eigenvalue weighted by atomic mass is 10.0. The van der Waals surface area contributed by atoms with Gasteiger partial charge in [-0.1, -0.05) is 53.3 Å². The van der Waals surface area contributed by atoms with E-state index >= 15 is 0 Å². The van der Waals surface area contributed by atoms with Crippen LogP contribution in [0, 0.1) is 0 Å². The Balaban J connectivity index is 2.36. The minimum absolute atomic E-state index is 0.164. The van der Waals surface area contributed by atoms with Crippen LogP contribution in [-0.2, 0) is 6.42 Å². The van der Waals surface area contributed by atoms with Gasteiger partial charge in [-0.05, 0) is 36.2 Å². The maximum Gasteiger partial charge on any atom is 0.255 e. The zero-order valence-corrected chi connectivity index (χ0v) is 13.9. The van der Waals surface area contributed by atoms with Gasteiger partial charge in [0.15, 0.2) is 0 Å². The molecule has 21 heavy (non-hydrogen) atoms. The fourth-order valence-electron chi connectivity index (χ4n) is 2.07. The molecule has 0 atom stereocenters. The van der Waals surface area contributed by atoms with Crippen LogP contribution in [0.2, 0.25) is 0 Å². The molecule has 0 aromatic heterocycles. The fourth-order valence-corrected chi connectivity index (χ4v) is 2.61. The van der Waals surface area contributed by atoms with E-state index in [0.29, 0.717) is 16.8 Å². The van der Waals surface area contributed by atoms with Crippen LogP contribution in [-0.4, -0.2) is 10.9 Å². The van der Waals surface area contributed by atoms with Crippen molar-refractivity contribution >= 4 is 44.7 Å². The Morgan fingerprint density at radius 2 is 1.95 bits per heavy atom. The Labute approximate surface area is 137 Å². The van der Waals surface area contributed by atoms with Gasteiger partial charge >= 0.3 is 0 Å². The van der Waals surface area contributed by atoms with E-state index in [-0.39, 0.29) is 10.9 Å². The normalized spacial score (nSPS) is 10.2. The van der Waals surface area contributed by atoms with E-state index in [1.807, 2.05) is 37.3 Å². The summed E-state index contributed by atoms with van der Waals surface area (Å²) in [7, 11) is 0. The van der Waals surface area contributed by atoms with Crippen molar-refractivity contribution in [1.82, 2.24) is 0 Å². The predicted octanol–water partition coefficient (Wildman–Crippen LogP) is 3.90. The number of anilines is 1. The third-order valence-corrected chi connectivity index (χ3v) is 3.85. The van der Waals surface area contributed by atoms with Crippen molar-refractivity contribution in [2.24, 2.45) is 5.73 Å². The molecular weight excluding hydrogens is 348 g/mol. The highest BCUT2D eigenvalue weighted by molar-refractivity contribution is 9.10. The van der Waals surface area contributed by atoms with Gasteiger partial charge in [-0.2, -0.15) is 0 Å². The number of carbonyl (C=O) groups is 1. The summed E-state index contributed by atoms with van der Waals surface area (Å²) in [4.78, 5) is 12.7. The zero-order valence-electron chi connectivity index (χ0n) is 11.5. The first-order chi connectivity index (χ1) is 10.0. The second-order valence-electron chi connectivity index (χ2n) is 4.52. The van der Waals surface area contributed by atoms with Crippen molar-refractivity contribution in [1.29, 1.82) is 0 Å². The molecular formula is C16H15BrN2OS. The second-order valence-corrected chi connectivity index (χ2v) is 5.87. The Morgan fingerprint density at radius 1 is 1.24 bits per heavy atom. The third-order valence-electron chi connectivity index (χ3n) is 3.14. The third kappa shape index (κ3) is 3.68. The van der Waals surface area contributed by atoms with Crippen LogP contribution in [0.1, 0.15) is 28.4 Å². The number of aryl methyl sites for hydroxylation is 1. The van der Waals surface area contributed by atoms with Crippen molar-refractivity contribution in [3.05, 3.63) is 63.6 Å². The molecule has 0 aliphatic carbocycles. The van der Waals surface area contributed by atoms with Gasteiger partial charge in [-0.25, -0.2) is 0 Å². The predicted molar refractivity (Wildman–Crippen MR) is 93.8 cm³/mol. The Kier molecular flexibility index (Phi) is 5.09.